The van der Waals surface area contributed by atoms with Gasteiger partial charge in [-0.3, -0.25) is 0 Å². The summed E-state index contributed by atoms with van der Waals surface area (Å²) in [5, 5.41) is 3.11. The normalized spacial score (nSPS) is 7.00. The largest absolute Gasteiger partial charge is 2.00 e. The van der Waals surface area contributed by atoms with Crippen molar-refractivity contribution in [3.05, 3.63) is 0 Å². The van der Waals surface area contributed by atoms with Crippen molar-refractivity contribution < 1.29 is 2.85 Å². The SMILES string of the molecule is CCNCC.[Ba+2].[H-].[H-]. The molecule has 1 N–H and O–H groups in total. The Morgan fingerprint density at radius 3 is 1.67 bits per heavy atom. The molecule has 0 aliphatic heterocycles. The Labute approximate surface area is 82.9 Å². The van der Waals surface area contributed by atoms with Crippen LogP contribution in [0.25, 0.3) is 0 Å². The number of nitrogens with one attached hydrogen (secondary N) is 1. The first kappa shape index (κ1) is 10.5. The molecule has 0 aromatic carbocycles. The van der Waals surface area contributed by atoms with E-state index in [9.17, 15) is 0 Å². The van der Waals surface area contributed by atoms with Crippen LogP contribution in [0.1, 0.15) is 16.7 Å². The van der Waals surface area contributed by atoms with Crippen LogP contribution in [0.4, 0.5) is 0 Å². The molecule has 0 aromatic rings. The monoisotopic (exact) mass is 213 g/mol. The van der Waals surface area contributed by atoms with Crippen molar-refractivity contribution in [3.63, 3.8) is 0 Å². The van der Waals surface area contributed by atoms with Gasteiger partial charge in [0.1, 0.15) is 0 Å². The van der Waals surface area contributed by atoms with E-state index in [0.29, 0.717) is 0 Å². The van der Waals surface area contributed by atoms with Crippen LogP contribution in [0, 0.1) is 0 Å². The van der Waals surface area contributed by atoms with Crippen molar-refractivity contribution >= 4 is 48.9 Å². The molecule has 0 unspecified atom stereocenters. The van der Waals surface area contributed by atoms with E-state index in [4.69, 9.17) is 0 Å². The smallest absolute Gasteiger partial charge is 1.00 e. The first-order valence-corrected chi connectivity index (χ1v) is 2.12. The van der Waals surface area contributed by atoms with Gasteiger partial charge < -0.3 is 8.17 Å². The Bertz CT molecular complexity index is 21.5. The molecular formula is C4H13BaN. The molecule has 6 heavy (non-hydrogen) atoms. The summed E-state index contributed by atoms with van der Waals surface area (Å²) in [5.74, 6) is 0. The first-order chi connectivity index (χ1) is 2.41. The second-order valence-corrected chi connectivity index (χ2v) is 0.957. The first-order valence-electron chi connectivity index (χ1n) is 2.12. The van der Waals surface area contributed by atoms with Crippen LogP contribution in [0.15, 0.2) is 0 Å². The fourth-order valence-corrected chi connectivity index (χ4v) is 0.250. The third-order valence-electron chi connectivity index (χ3n) is 0.500. The molecule has 0 aliphatic carbocycles. The van der Waals surface area contributed by atoms with Gasteiger partial charge in [-0.05, 0) is 13.1 Å². The van der Waals surface area contributed by atoms with Crippen molar-refractivity contribution in [1.82, 2.24) is 5.32 Å². The topological polar surface area (TPSA) is 12.0 Å². The van der Waals surface area contributed by atoms with Crippen LogP contribution >= 0.6 is 0 Å². The fourth-order valence-electron chi connectivity index (χ4n) is 0.250. The average molecular weight is 212 g/mol. The van der Waals surface area contributed by atoms with Gasteiger partial charge in [-0.15, -0.1) is 0 Å². The van der Waals surface area contributed by atoms with Gasteiger partial charge in [-0.1, -0.05) is 13.8 Å². The van der Waals surface area contributed by atoms with Gasteiger partial charge in [0.05, 0.1) is 0 Å². The third kappa shape index (κ3) is 9.11. The van der Waals surface area contributed by atoms with E-state index in [1.54, 1.807) is 0 Å². The summed E-state index contributed by atoms with van der Waals surface area (Å²) >= 11 is 0. The van der Waals surface area contributed by atoms with Crippen LogP contribution in [0.5, 0.6) is 0 Å². The minimum atomic E-state index is 0. The molecule has 36 valence electrons. The molecule has 2 heteroatoms. The van der Waals surface area contributed by atoms with Crippen molar-refractivity contribution in [3.8, 4) is 0 Å². The van der Waals surface area contributed by atoms with Crippen molar-refractivity contribution in [2.75, 3.05) is 13.1 Å². The number of hydrogen-bond donors (Lipinski definition) is 1. The van der Waals surface area contributed by atoms with Crippen LogP contribution in [0.2, 0.25) is 0 Å². The number of rotatable bonds is 2. The maximum Gasteiger partial charge on any atom is 2.00 e. The molecule has 0 aromatic heterocycles. The fraction of sp³-hybridized carbons (Fsp3) is 1.00. The van der Waals surface area contributed by atoms with Gasteiger partial charge in [0.15, 0.2) is 0 Å². The summed E-state index contributed by atoms with van der Waals surface area (Å²) in [5.41, 5.74) is 0. The molecule has 0 saturated carbocycles. The molecule has 0 spiro atoms. The Hall–Kier alpha value is 1.53. The van der Waals surface area contributed by atoms with Crippen LogP contribution in [-0.4, -0.2) is 62.0 Å². The maximum absolute atomic E-state index is 3.11. The van der Waals surface area contributed by atoms with Crippen molar-refractivity contribution in [1.29, 1.82) is 0 Å². The van der Waals surface area contributed by atoms with Gasteiger partial charge in [0, 0.05) is 0 Å². The maximum atomic E-state index is 3.11. The van der Waals surface area contributed by atoms with E-state index in [1.165, 1.54) is 0 Å². The van der Waals surface area contributed by atoms with E-state index < -0.39 is 0 Å². The molecule has 0 aliphatic rings. The van der Waals surface area contributed by atoms with Gasteiger partial charge in [0.2, 0.25) is 0 Å². The summed E-state index contributed by atoms with van der Waals surface area (Å²) < 4.78 is 0. The van der Waals surface area contributed by atoms with Crippen molar-refractivity contribution in [2.45, 2.75) is 13.8 Å². The summed E-state index contributed by atoms with van der Waals surface area (Å²) in [6, 6.07) is 0. The van der Waals surface area contributed by atoms with Gasteiger partial charge in [-0.25, -0.2) is 0 Å². The third-order valence-corrected chi connectivity index (χ3v) is 0.500. The quantitative estimate of drug-likeness (QED) is 0.656. The molecular weight excluding hydrogens is 199 g/mol. The summed E-state index contributed by atoms with van der Waals surface area (Å²) in [6.07, 6.45) is 0. The van der Waals surface area contributed by atoms with Crippen LogP contribution in [-0.2, 0) is 0 Å². The van der Waals surface area contributed by atoms with Crippen molar-refractivity contribution in [2.24, 2.45) is 0 Å². The second kappa shape index (κ2) is 9.73. The van der Waals surface area contributed by atoms with E-state index in [0.717, 1.165) is 13.1 Å². The average Bonchev–Trinajstić information content (AvgIpc) is 1.41. The van der Waals surface area contributed by atoms with E-state index in [-0.39, 0.29) is 51.7 Å². The summed E-state index contributed by atoms with van der Waals surface area (Å²) in [7, 11) is 0. The van der Waals surface area contributed by atoms with Crippen LogP contribution in [0.3, 0.4) is 0 Å². The molecule has 0 amide bonds. The predicted octanol–water partition coefficient (Wildman–Crippen LogP) is 0.460. The molecule has 0 saturated heterocycles. The molecule has 1 nitrogen and oxygen atoms in total. The minimum Gasteiger partial charge on any atom is -1.00 e. The molecule has 0 bridgehead atoms. The zero-order valence-corrected chi connectivity index (χ0v) is 9.06. The summed E-state index contributed by atoms with van der Waals surface area (Å²) in [6.45, 7) is 6.39. The molecule has 0 heterocycles. The van der Waals surface area contributed by atoms with E-state index in [2.05, 4.69) is 19.2 Å². The van der Waals surface area contributed by atoms with E-state index >= 15 is 0 Å². The standard InChI is InChI=1S/C4H11N.Ba.2H/c1-3-5-4-2;;;/h5H,3-4H2,1-2H3;;;/q;+2;2*-1. The molecule has 0 radical (unpaired) electrons. The summed E-state index contributed by atoms with van der Waals surface area (Å²) in [4.78, 5) is 0. The van der Waals surface area contributed by atoms with Crippen LogP contribution < -0.4 is 5.32 Å². The van der Waals surface area contributed by atoms with Gasteiger partial charge in [0.25, 0.3) is 0 Å². The Balaban J connectivity index is -0.0000000267. The van der Waals surface area contributed by atoms with E-state index in [1.807, 2.05) is 0 Å². The Morgan fingerprint density at radius 1 is 1.33 bits per heavy atom. The Morgan fingerprint density at radius 2 is 1.67 bits per heavy atom. The van der Waals surface area contributed by atoms with Gasteiger partial charge in [-0.2, -0.15) is 0 Å². The zero-order chi connectivity index (χ0) is 4.12. The molecule has 0 rings (SSSR count). The van der Waals surface area contributed by atoms with Gasteiger partial charge >= 0.3 is 48.9 Å². The predicted molar refractivity (Wildman–Crippen MR) is 32.2 cm³/mol. The number of hydrogen-bond acceptors (Lipinski definition) is 1. The second-order valence-electron chi connectivity index (χ2n) is 0.957. The molecule has 0 fully saturated rings. The minimum absolute atomic E-state index is 0. The Kier molecular flexibility index (Phi) is 17.0. The molecule has 0 atom stereocenters. The zero-order valence-electron chi connectivity index (χ0n) is 6.62.